The number of rotatable bonds is 3. The number of nitrogens with one attached hydrogen (secondary N) is 3. The Morgan fingerprint density at radius 2 is 1.88 bits per heavy atom. The maximum atomic E-state index is 12.2. The van der Waals surface area contributed by atoms with E-state index in [-0.39, 0.29) is 12.1 Å². The smallest absolute Gasteiger partial charge is 0.324 e. The van der Waals surface area contributed by atoms with Gasteiger partial charge in [0, 0.05) is 27.7 Å². The normalized spacial score (nSPS) is 20.7. The minimum absolute atomic E-state index is 0.165. The fourth-order valence-corrected chi connectivity index (χ4v) is 4.86. The van der Waals surface area contributed by atoms with E-state index in [1.807, 2.05) is 0 Å². The Bertz CT molecular complexity index is 833. The standard InChI is InChI=1S/C16H15ClN4O2S/c17-7-1-3-8(4-2-7)19-16(23)21-15-12(14(18)22)11-9-5-6-10(20-9)13(11)24-15/h1-4,9-10,20H,5-6H2,(H2,18,22)(H2,19,21,23). The number of carbonyl (C=O) groups is 2. The third-order valence-corrected chi connectivity index (χ3v) is 5.85. The molecule has 2 bridgehead atoms. The Morgan fingerprint density at radius 3 is 2.58 bits per heavy atom. The van der Waals surface area contributed by atoms with Crippen molar-refractivity contribution >= 4 is 45.6 Å². The Labute approximate surface area is 147 Å². The first-order valence-electron chi connectivity index (χ1n) is 7.59. The van der Waals surface area contributed by atoms with Crippen molar-refractivity contribution in [3.8, 4) is 0 Å². The predicted molar refractivity (Wildman–Crippen MR) is 94.8 cm³/mol. The lowest BCUT2D eigenvalue weighted by Gasteiger charge is -2.10. The van der Waals surface area contributed by atoms with Gasteiger partial charge in [0.1, 0.15) is 5.00 Å². The minimum atomic E-state index is -0.511. The SMILES string of the molecule is NC(=O)c1c(NC(=O)Nc2ccc(Cl)cc2)sc2c1C1CCC2N1. The summed E-state index contributed by atoms with van der Waals surface area (Å²) in [5.41, 5.74) is 7.57. The number of anilines is 2. The summed E-state index contributed by atoms with van der Waals surface area (Å²) < 4.78 is 0. The van der Waals surface area contributed by atoms with Crippen molar-refractivity contribution < 1.29 is 9.59 Å². The molecule has 0 radical (unpaired) electrons. The summed E-state index contributed by atoms with van der Waals surface area (Å²) in [5, 5.41) is 10.0. The molecule has 0 spiro atoms. The first-order valence-corrected chi connectivity index (χ1v) is 8.78. The van der Waals surface area contributed by atoms with E-state index in [0.29, 0.717) is 21.3 Å². The Kier molecular flexibility index (Phi) is 3.71. The monoisotopic (exact) mass is 362 g/mol. The van der Waals surface area contributed by atoms with Crippen LogP contribution in [0.5, 0.6) is 0 Å². The lowest BCUT2D eigenvalue weighted by molar-refractivity contribution is 0.1000. The van der Waals surface area contributed by atoms with Crippen LogP contribution < -0.4 is 21.7 Å². The molecule has 24 heavy (non-hydrogen) atoms. The van der Waals surface area contributed by atoms with Gasteiger partial charge in [-0.2, -0.15) is 0 Å². The van der Waals surface area contributed by atoms with Gasteiger partial charge in [0.15, 0.2) is 0 Å². The van der Waals surface area contributed by atoms with Gasteiger partial charge in [0.05, 0.1) is 5.56 Å². The molecule has 3 heterocycles. The first kappa shape index (κ1) is 15.4. The predicted octanol–water partition coefficient (Wildman–Crippen LogP) is 3.62. The van der Waals surface area contributed by atoms with E-state index in [0.717, 1.165) is 23.3 Å². The van der Waals surface area contributed by atoms with Gasteiger partial charge in [-0.1, -0.05) is 11.6 Å². The molecule has 2 unspecified atom stereocenters. The number of carbonyl (C=O) groups excluding carboxylic acids is 2. The summed E-state index contributed by atoms with van der Waals surface area (Å²) in [6.45, 7) is 0. The molecular formula is C16H15ClN4O2S. The van der Waals surface area contributed by atoms with Gasteiger partial charge < -0.3 is 16.4 Å². The molecule has 2 aromatic rings. The topological polar surface area (TPSA) is 96.2 Å². The number of urea groups is 1. The van der Waals surface area contributed by atoms with Crippen LogP contribution in [0.2, 0.25) is 5.02 Å². The molecule has 1 fully saturated rings. The van der Waals surface area contributed by atoms with Crippen molar-refractivity contribution in [3.05, 3.63) is 45.3 Å². The highest BCUT2D eigenvalue weighted by Gasteiger charge is 2.42. The van der Waals surface area contributed by atoms with E-state index >= 15 is 0 Å². The number of benzene rings is 1. The van der Waals surface area contributed by atoms with Crippen LogP contribution in [0.3, 0.4) is 0 Å². The van der Waals surface area contributed by atoms with Gasteiger partial charge in [-0.05, 0) is 42.7 Å². The molecule has 1 aromatic heterocycles. The molecule has 3 amide bonds. The number of primary amides is 1. The fourth-order valence-electron chi connectivity index (χ4n) is 3.37. The van der Waals surface area contributed by atoms with E-state index in [1.165, 1.54) is 11.3 Å². The van der Waals surface area contributed by atoms with Crippen molar-refractivity contribution in [2.75, 3.05) is 10.6 Å². The van der Waals surface area contributed by atoms with E-state index in [2.05, 4.69) is 16.0 Å². The van der Waals surface area contributed by atoms with Crippen LogP contribution in [0.1, 0.15) is 45.7 Å². The van der Waals surface area contributed by atoms with Crippen LogP contribution in [-0.2, 0) is 0 Å². The summed E-state index contributed by atoms with van der Waals surface area (Å²) in [6, 6.07) is 6.80. The first-order chi connectivity index (χ1) is 11.5. The number of thiophene rings is 1. The van der Waals surface area contributed by atoms with Crippen LogP contribution in [0.4, 0.5) is 15.5 Å². The second-order valence-corrected chi connectivity index (χ2v) is 7.37. The second-order valence-electron chi connectivity index (χ2n) is 5.88. The van der Waals surface area contributed by atoms with Crippen molar-refractivity contribution in [1.82, 2.24) is 5.32 Å². The molecule has 124 valence electrons. The quantitative estimate of drug-likeness (QED) is 0.671. The zero-order chi connectivity index (χ0) is 16.8. The number of halogens is 1. The third kappa shape index (κ3) is 2.54. The van der Waals surface area contributed by atoms with Crippen LogP contribution in [0.25, 0.3) is 0 Å². The molecule has 2 aliphatic rings. The molecule has 0 aliphatic carbocycles. The summed E-state index contributed by atoms with van der Waals surface area (Å²) in [6.07, 6.45) is 2.04. The van der Waals surface area contributed by atoms with E-state index < -0.39 is 11.9 Å². The summed E-state index contributed by atoms with van der Waals surface area (Å²) in [7, 11) is 0. The summed E-state index contributed by atoms with van der Waals surface area (Å²) in [5.74, 6) is -0.511. The Balaban J connectivity index is 1.57. The highest BCUT2D eigenvalue weighted by Crippen LogP contribution is 2.52. The highest BCUT2D eigenvalue weighted by atomic mass is 35.5. The summed E-state index contributed by atoms with van der Waals surface area (Å²) >= 11 is 7.25. The molecule has 5 N–H and O–H groups in total. The van der Waals surface area contributed by atoms with Crippen molar-refractivity contribution in [2.24, 2.45) is 5.73 Å². The molecule has 2 aliphatic heterocycles. The van der Waals surface area contributed by atoms with Crippen LogP contribution in [0, 0.1) is 0 Å². The molecule has 0 saturated carbocycles. The average molecular weight is 363 g/mol. The number of hydrogen-bond donors (Lipinski definition) is 4. The lowest BCUT2D eigenvalue weighted by atomic mass is 9.95. The van der Waals surface area contributed by atoms with Crippen molar-refractivity contribution in [3.63, 3.8) is 0 Å². The van der Waals surface area contributed by atoms with Gasteiger partial charge >= 0.3 is 6.03 Å². The zero-order valence-corrected chi connectivity index (χ0v) is 14.1. The molecular weight excluding hydrogens is 348 g/mol. The van der Waals surface area contributed by atoms with Crippen molar-refractivity contribution in [1.29, 1.82) is 0 Å². The van der Waals surface area contributed by atoms with Gasteiger partial charge in [-0.3, -0.25) is 10.1 Å². The van der Waals surface area contributed by atoms with Gasteiger partial charge in [0.2, 0.25) is 0 Å². The van der Waals surface area contributed by atoms with E-state index in [4.69, 9.17) is 17.3 Å². The molecule has 2 atom stereocenters. The zero-order valence-electron chi connectivity index (χ0n) is 12.6. The van der Waals surface area contributed by atoms with Gasteiger partial charge in [-0.15, -0.1) is 11.3 Å². The Hall–Kier alpha value is -2.09. The fraction of sp³-hybridized carbons (Fsp3) is 0.250. The second kappa shape index (κ2) is 5.77. The molecule has 1 aromatic carbocycles. The van der Waals surface area contributed by atoms with Gasteiger partial charge in [0.25, 0.3) is 5.91 Å². The van der Waals surface area contributed by atoms with Gasteiger partial charge in [-0.25, -0.2) is 4.79 Å². The van der Waals surface area contributed by atoms with Crippen LogP contribution in [0.15, 0.2) is 24.3 Å². The minimum Gasteiger partial charge on any atom is -0.365 e. The number of fused-ring (bicyclic) bond motifs is 5. The number of amides is 3. The van der Waals surface area contributed by atoms with Crippen molar-refractivity contribution in [2.45, 2.75) is 24.9 Å². The average Bonchev–Trinajstić information content (AvgIpc) is 3.20. The molecule has 4 rings (SSSR count). The van der Waals surface area contributed by atoms with E-state index in [1.54, 1.807) is 24.3 Å². The highest BCUT2D eigenvalue weighted by molar-refractivity contribution is 7.17. The maximum Gasteiger partial charge on any atom is 0.324 e. The Morgan fingerprint density at radius 1 is 1.17 bits per heavy atom. The van der Waals surface area contributed by atoms with Crippen LogP contribution >= 0.6 is 22.9 Å². The number of hydrogen-bond acceptors (Lipinski definition) is 4. The molecule has 1 saturated heterocycles. The van der Waals surface area contributed by atoms with Crippen LogP contribution in [-0.4, -0.2) is 11.9 Å². The third-order valence-electron chi connectivity index (χ3n) is 4.36. The maximum absolute atomic E-state index is 12.2. The van der Waals surface area contributed by atoms with E-state index in [9.17, 15) is 9.59 Å². The number of nitrogens with two attached hydrogens (primary N) is 1. The molecule has 8 heteroatoms. The summed E-state index contributed by atoms with van der Waals surface area (Å²) in [4.78, 5) is 25.3. The largest absolute Gasteiger partial charge is 0.365 e. The molecule has 6 nitrogen and oxygen atoms in total. The lowest BCUT2D eigenvalue weighted by Crippen LogP contribution is -2.22.